The summed E-state index contributed by atoms with van der Waals surface area (Å²) in [6.45, 7) is 0.274. The molecular weight excluding hydrogens is 320 g/mol. The van der Waals surface area contributed by atoms with Crippen LogP contribution in [0.15, 0.2) is 48.8 Å². The summed E-state index contributed by atoms with van der Waals surface area (Å²) in [5.74, 6) is 1.10. The Balaban J connectivity index is 1.49. The number of aliphatic hydroxyl groups is 1. The van der Waals surface area contributed by atoms with Crippen molar-refractivity contribution in [3.05, 3.63) is 65.5 Å². The number of hydrogen-bond donors (Lipinski definition) is 2. The molecule has 5 heteroatoms. The highest BCUT2D eigenvalue weighted by atomic mass is 32.2. The lowest BCUT2D eigenvalue weighted by Gasteiger charge is -2.34. The summed E-state index contributed by atoms with van der Waals surface area (Å²) in [5.41, 5.74) is 2.31. The monoisotopic (exact) mass is 342 g/mol. The van der Waals surface area contributed by atoms with E-state index in [1.54, 1.807) is 18.0 Å². The van der Waals surface area contributed by atoms with Gasteiger partial charge in [0.15, 0.2) is 0 Å². The van der Waals surface area contributed by atoms with E-state index in [1.165, 1.54) is 5.56 Å². The average Bonchev–Trinajstić information content (AvgIpc) is 2.62. The number of aryl methyl sites for hydroxylation is 1. The molecule has 4 nitrogen and oxygen atoms in total. The summed E-state index contributed by atoms with van der Waals surface area (Å²) in [6, 6.07) is 11.9. The van der Waals surface area contributed by atoms with Crippen LogP contribution in [0, 0.1) is 0 Å². The molecule has 0 saturated heterocycles. The molecule has 0 fully saturated rings. The summed E-state index contributed by atoms with van der Waals surface area (Å²) < 4.78 is 0. The lowest BCUT2D eigenvalue weighted by molar-refractivity contribution is -0.120. The Kier molecular flexibility index (Phi) is 5.53. The Bertz CT molecular complexity index is 693. The molecule has 0 saturated carbocycles. The summed E-state index contributed by atoms with van der Waals surface area (Å²) in [5, 5.41) is 13.8. The van der Waals surface area contributed by atoms with Gasteiger partial charge in [0, 0.05) is 18.1 Å². The molecule has 1 aromatic heterocycles. The molecule has 126 valence electrons. The van der Waals surface area contributed by atoms with Gasteiger partial charge in [0.05, 0.1) is 12.3 Å². The van der Waals surface area contributed by atoms with Gasteiger partial charge in [-0.05, 0) is 42.0 Å². The van der Waals surface area contributed by atoms with E-state index in [-0.39, 0.29) is 12.5 Å². The number of fused-ring (bicyclic) bond motifs is 1. The molecule has 0 unspecified atom stereocenters. The molecule has 1 atom stereocenters. The zero-order valence-corrected chi connectivity index (χ0v) is 14.4. The number of pyridine rings is 1. The van der Waals surface area contributed by atoms with Gasteiger partial charge in [-0.3, -0.25) is 9.78 Å². The van der Waals surface area contributed by atoms with Crippen molar-refractivity contribution in [2.75, 3.05) is 12.3 Å². The lowest BCUT2D eigenvalue weighted by atomic mass is 9.79. The molecule has 0 aliphatic heterocycles. The fourth-order valence-corrected chi connectivity index (χ4v) is 3.92. The van der Waals surface area contributed by atoms with Gasteiger partial charge in [-0.15, -0.1) is 11.8 Å². The third kappa shape index (κ3) is 4.16. The van der Waals surface area contributed by atoms with E-state index < -0.39 is 5.60 Å². The largest absolute Gasteiger partial charge is 0.383 e. The molecular formula is C19H22N2O2S. The molecule has 0 bridgehead atoms. The smallest absolute Gasteiger partial charge is 0.230 e. The third-order valence-electron chi connectivity index (χ3n) is 4.36. The number of amides is 1. The molecule has 2 aromatic rings. The minimum atomic E-state index is -0.946. The Hall–Kier alpha value is -1.85. The van der Waals surface area contributed by atoms with Gasteiger partial charge >= 0.3 is 0 Å². The Morgan fingerprint density at radius 1 is 1.29 bits per heavy atom. The maximum atomic E-state index is 12.1. The van der Waals surface area contributed by atoms with Crippen LogP contribution in [0.2, 0.25) is 0 Å². The number of nitrogens with zero attached hydrogens (tertiary/aromatic N) is 1. The number of benzene rings is 1. The summed E-state index contributed by atoms with van der Waals surface area (Å²) in [6.07, 6.45) is 6.18. The molecule has 1 amide bonds. The van der Waals surface area contributed by atoms with E-state index in [0.29, 0.717) is 12.2 Å². The van der Waals surface area contributed by atoms with Crippen molar-refractivity contribution in [1.82, 2.24) is 10.3 Å². The van der Waals surface area contributed by atoms with E-state index in [4.69, 9.17) is 0 Å². The second kappa shape index (κ2) is 7.81. The van der Waals surface area contributed by atoms with Crippen molar-refractivity contribution in [1.29, 1.82) is 0 Å². The zero-order chi connectivity index (χ0) is 16.8. The van der Waals surface area contributed by atoms with Gasteiger partial charge in [-0.1, -0.05) is 30.3 Å². The number of carbonyl (C=O) groups is 1. The van der Waals surface area contributed by atoms with Gasteiger partial charge in [-0.2, -0.15) is 0 Å². The van der Waals surface area contributed by atoms with Crippen molar-refractivity contribution in [3.8, 4) is 0 Å². The standard InChI is InChI=1S/C19H22N2O2S/c22-18(13-24-12-15-5-4-10-20-11-15)21-14-19(23)9-3-7-16-6-1-2-8-17(16)19/h1-2,4-6,8,10-11,23H,3,7,9,12-14H2,(H,21,22)/t19-/m1/s1. The van der Waals surface area contributed by atoms with Crippen LogP contribution in [0.25, 0.3) is 0 Å². The number of carbonyl (C=O) groups excluding carboxylic acids is 1. The molecule has 1 aliphatic rings. The quantitative estimate of drug-likeness (QED) is 0.847. The van der Waals surface area contributed by atoms with Gasteiger partial charge in [0.1, 0.15) is 5.60 Å². The van der Waals surface area contributed by atoms with Crippen molar-refractivity contribution in [2.45, 2.75) is 30.6 Å². The number of aromatic nitrogens is 1. The number of hydrogen-bond acceptors (Lipinski definition) is 4. The highest BCUT2D eigenvalue weighted by Gasteiger charge is 2.34. The average molecular weight is 342 g/mol. The second-order valence-corrected chi connectivity index (χ2v) is 7.16. The number of thioether (sulfide) groups is 1. The fourth-order valence-electron chi connectivity index (χ4n) is 3.12. The molecule has 2 N–H and O–H groups in total. The summed E-state index contributed by atoms with van der Waals surface area (Å²) in [7, 11) is 0. The second-order valence-electron chi connectivity index (χ2n) is 6.17. The topological polar surface area (TPSA) is 62.2 Å². The van der Waals surface area contributed by atoms with E-state index in [0.717, 1.165) is 29.7 Å². The molecule has 0 spiro atoms. The van der Waals surface area contributed by atoms with Gasteiger partial charge in [0.25, 0.3) is 0 Å². The molecule has 1 aliphatic carbocycles. The van der Waals surface area contributed by atoms with Gasteiger partial charge < -0.3 is 10.4 Å². The first-order valence-corrected chi connectivity index (χ1v) is 9.37. The number of nitrogens with one attached hydrogen (secondary N) is 1. The SMILES string of the molecule is O=C(CSCc1cccnc1)NC[C@]1(O)CCCc2ccccc21. The highest BCUT2D eigenvalue weighted by Crippen LogP contribution is 2.34. The van der Waals surface area contributed by atoms with Crippen molar-refractivity contribution < 1.29 is 9.90 Å². The van der Waals surface area contributed by atoms with Crippen molar-refractivity contribution in [3.63, 3.8) is 0 Å². The molecule has 3 rings (SSSR count). The van der Waals surface area contributed by atoms with Crippen LogP contribution in [-0.4, -0.2) is 28.3 Å². The normalized spacial score (nSPS) is 19.5. The predicted octanol–water partition coefficient (Wildman–Crippen LogP) is 2.66. The van der Waals surface area contributed by atoms with Crippen molar-refractivity contribution >= 4 is 17.7 Å². The first kappa shape index (κ1) is 17.0. The van der Waals surface area contributed by atoms with Crippen LogP contribution in [0.4, 0.5) is 0 Å². The maximum absolute atomic E-state index is 12.1. The molecule has 1 aromatic carbocycles. The highest BCUT2D eigenvalue weighted by molar-refractivity contribution is 7.99. The van der Waals surface area contributed by atoms with E-state index in [9.17, 15) is 9.90 Å². The first-order chi connectivity index (χ1) is 11.7. The van der Waals surface area contributed by atoms with Crippen LogP contribution in [0.1, 0.15) is 29.5 Å². The van der Waals surface area contributed by atoms with Crippen LogP contribution < -0.4 is 5.32 Å². The lowest BCUT2D eigenvalue weighted by Crippen LogP contribution is -2.43. The fraction of sp³-hybridized carbons (Fsp3) is 0.368. The Labute approximate surface area is 146 Å². The minimum Gasteiger partial charge on any atom is -0.383 e. The zero-order valence-electron chi connectivity index (χ0n) is 13.6. The van der Waals surface area contributed by atoms with Crippen molar-refractivity contribution in [2.24, 2.45) is 0 Å². The van der Waals surface area contributed by atoms with E-state index in [1.807, 2.05) is 36.5 Å². The van der Waals surface area contributed by atoms with E-state index in [2.05, 4.69) is 16.4 Å². The van der Waals surface area contributed by atoms with Crippen LogP contribution in [0.3, 0.4) is 0 Å². The molecule has 1 heterocycles. The third-order valence-corrected chi connectivity index (χ3v) is 5.36. The first-order valence-electron chi connectivity index (χ1n) is 8.21. The summed E-state index contributed by atoms with van der Waals surface area (Å²) >= 11 is 1.55. The Morgan fingerprint density at radius 2 is 2.17 bits per heavy atom. The van der Waals surface area contributed by atoms with Crippen LogP contribution in [-0.2, 0) is 22.6 Å². The predicted molar refractivity (Wildman–Crippen MR) is 96.7 cm³/mol. The van der Waals surface area contributed by atoms with E-state index >= 15 is 0 Å². The van der Waals surface area contributed by atoms with Gasteiger partial charge in [0.2, 0.25) is 5.91 Å². The maximum Gasteiger partial charge on any atom is 0.230 e. The summed E-state index contributed by atoms with van der Waals surface area (Å²) in [4.78, 5) is 16.1. The molecule has 0 radical (unpaired) electrons. The minimum absolute atomic E-state index is 0.0413. The number of rotatable bonds is 6. The Morgan fingerprint density at radius 3 is 3.00 bits per heavy atom. The van der Waals surface area contributed by atoms with Crippen LogP contribution >= 0.6 is 11.8 Å². The van der Waals surface area contributed by atoms with Crippen LogP contribution in [0.5, 0.6) is 0 Å². The van der Waals surface area contributed by atoms with Gasteiger partial charge in [-0.25, -0.2) is 0 Å². The molecule has 24 heavy (non-hydrogen) atoms.